The fourth-order valence-corrected chi connectivity index (χ4v) is 4.07. The van der Waals surface area contributed by atoms with Crippen molar-refractivity contribution in [2.45, 2.75) is 4.90 Å². The smallest absolute Gasteiger partial charge is 0.243 e. The second-order valence-corrected chi connectivity index (χ2v) is 7.17. The highest BCUT2D eigenvalue weighted by molar-refractivity contribution is 7.98. The lowest BCUT2D eigenvalue weighted by atomic mass is 10.2. The molecule has 4 nitrogen and oxygen atoms in total. The third-order valence-electron chi connectivity index (χ3n) is 2.20. The Morgan fingerprint density at radius 3 is 2.45 bits per heavy atom. The molecule has 0 bridgehead atoms. The van der Waals surface area contributed by atoms with Crippen LogP contribution in [0.2, 0.25) is 10.0 Å². The molecule has 8 heteroatoms. The molecule has 0 fully saturated rings. The lowest BCUT2D eigenvalue weighted by molar-refractivity contribution is 0.584. The molecule has 0 saturated heterocycles. The maximum atomic E-state index is 12.1. The van der Waals surface area contributed by atoms with E-state index in [4.69, 9.17) is 28.9 Å². The number of benzene rings is 1. The summed E-state index contributed by atoms with van der Waals surface area (Å²) in [5, 5.41) is 0.0749. The van der Waals surface area contributed by atoms with Crippen LogP contribution in [-0.4, -0.2) is 33.5 Å². The van der Waals surface area contributed by atoms with E-state index in [-0.39, 0.29) is 21.5 Å². The standard InChI is InChI=1S/C12H14Cl2N2O2S2/c1-19-6-5-16-20(17,18)12-10(13)7-9(3-2-4-15)8-11(12)14/h7-8,16H,4-6,15H2,1H3. The predicted octanol–water partition coefficient (Wildman–Crippen LogP) is 1.94. The van der Waals surface area contributed by atoms with E-state index >= 15 is 0 Å². The Morgan fingerprint density at radius 2 is 1.95 bits per heavy atom. The normalized spacial score (nSPS) is 11.0. The van der Waals surface area contributed by atoms with Gasteiger partial charge in [-0.3, -0.25) is 0 Å². The van der Waals surface area contributed by atoms with Gasteiger partial charge in [-0.25, -0.2) is 13.1 Å². The Balaban J connectivity index is 3.13. The molecule has 0 spiro atoms. The lowest BCUT2D eigenvalue weighted by Crippen LogP contribution is -2.26. The minimum Gasteiger partial charge on any atom is -0.320 e. The summed E-state index contributed by atoms with van der Waals surface area (Å²) in [5.74, 6) is 6.07. The van der Waals surface area contributed by atoms with Crippen molar-refractivity contribution in [1.82, 2.24) is 4.72 Å². The van der Waals surface area contributed by atoms with Crippen LogP contribution in [0.5, 0.6) is 0 Å². The van der Waals surface area contributed by atoms with E-state index in [1.54, 1.807) is 0 Å². The zero-order valence-corrected chi connectivity index (χ0v) is 13.9. The molecule has 0 amide bonds. The number of thioether (sulfide) groups is 1. The largest absolute Gasteiger partial charge is 0.320 e. The van der Waals surface area contributed by atoms with Gasteiger partial charge in [0.05, 0.1) is 16.6 Å². The second-order valence-electron chi connectivity index (χ2n) is 3.67. The monoisotopic (exact) mass is 352 g/mol. The molecule has 0 aromatic heterocycles. The summed E-state index contributed by atoms with van der Waals surface area (Å²) >= 11 is 13.5. The van der Waals surface area contributed by atoms with E-state index in [1.807, 2.05) is 6.26 Å². The summed E-state index contributed by atoms with van der Waals surface area (Å²) in [7, 11) is -3.73. The van der Waals surface area contributed by atoms with Gasteiger partial charge in [-0.1, -0.05) is 35.0 Å². The number of rotatable bonds is 5. The highest BCUT2D eigenvalue weighted by atomic mass is 35.5. The fraction of sp³-hybridized carbons (Fsp3) is 0.333. The van der Waals surface area contributed by atoms with Crippen LogP contribution in [0.15, 0.2) is 17.0 Å². The highest BCUT2D eigenvalue weighted by Crippen LogP contribution is 2.30. The van der Waals surface area contributed by atoms with Gasteiger partial charge in [0, 0.05) is 17.9 Å². The molecule has 0 heterocycles. The third-order valence-corrected chi connectivity index (χ3v) is 5.19. The Morgan fingerprint density at radius 1 is 1.35 bits per heavy atom. The second kappa shape index (κ2) is 8.13. The average Bonchev–Trinajstić information content (AvgIpc) is 2.35. The zero-order valence-electron chi connectivity index (χ0n) is 10.7. The summed E-state index contributed by atoms with van der Waals surface area (Å²) in [6, 6.07) is 2.92. The van der Waals surface area contributed by atoms with Crippen LogP contribution < -0.4 is 10.5 Å². The number of sulfonamides is 1. The SMILES string of the molecule is CSCCNS(=O)(=O)c1c(Cl)cc(C#CCN)cc1Cl. The summed E-state index contributed by atoms with van der Waals surface area (Å²) < 4.78 is 26.7. The van der Waals surface area contributed by atoms with E-state index in [2.05, 4.69) is 16.6 Å². The Kier molecular flexibility index (Phi) is 7.17. The van der Waals surface area contributed by atoms with Crippen LogP contribution in [0.3, 0.4) is 0 Å². The van der Waals surface area contributed by atoms with Gasteiger partial charge in [0.25, 0.3) is 0 Å². The van der Waals surface area contributed by atoms with Gasteiger partial charge in [-0.05, 0) is 18.4 Å². The molecular formula is C12H14Cl2N2O2S2. The van der Waals surface area contributed by atoms with Crippen molar-refractivity contribution in [2.24, 2.45) is 5.73 Å². The van der Waals surface area contributed by atoms with Gasteiger partial charge in [0.1, 0.15) is 4.90 Å². The van der Waals surface area contributed by atoms with Crippen LogP contribution in [0, 0.1) is 11.8 Å². The zero-order chi connectivity index (χ0) is 15.2. The predicted molar refractivity (Wildman–Crippen MR) is 86.0 cm³/mol. The quantitative estimate of drug-likeness (QED) is 0.627. The van der Waals surface area contributed by atoms with E-state index in [9.17, 15) is 8.42 Å². The van der Waals surface area contributed by atoms with Gasteiger partial charge >= 0.3 is 0 Å². The van der Waals surface area contributed by atoms with E-state index < -0.39 is 10.0 Å². The first-order chi connectivity index (χ1) is 9.42. The van der Waals surface area contributed by atoms with Gasteiger partial charge in [0.15, 0.2) is 0 Å². The molecule has 1 aromatic rings. The minimum atomic E-state index is -3.73. The van der Waals surface area contributed by atoms with Crippen LogP contribution in [0.1, 0.15) is 5.56 Å². The molecule has 0 unspecified atom stereocenters. The van der Waals surface area contributed by atoms with Crippen LogP contribution in [-0.2, 0) is 10.0 Å². The van der Waals surface area contributed by atoms with E-state index in [0.717, 1.165) is 0 Å². The molecule has 1 aromatic carbocycles. The molecule has 0 saturated carbocycles. The molecular weight excluding hydrogens is 339 g/mol. The molecule has 0 radical (unpaired) electrons. The topological polar surface area (TPSA) is 72.2 Å². The van der Waals surface area contributed by atoms with Crippen molar-refractivity contribution < 1.29 is 8.42 Å². The Labute approximate surface area is 133 Å². The first kappa shape index (κ1) is 17.6. The van der Waals surface area contributed by atoms with Crippen molar-refractivity contribution >= 4 is 45.0 Å². The first-order valence-corrected chi connectivity index (χ1v) is 9.22. The highest BCUT2D eigenvalue weighted by Gasteiger charge is 2.21. The summed E-state index contributed by atoms with van der Waals surface area (Å²) in [4.78, 5) is -0.125. The number of nitrogens with two attached hydrogens (primary N) is 1. The van der Waals surface area contributed by atoms with Crippen LogP contribution in [0.25, 0.3) is 0 Å². The summed E-state index contributed by atoms with van der Waals surface area (Å²) in [5.41, 5.74) is 5.79. The third kappa shape index (κ3) is 4.85. The number of hydrogen-bond acceptors (Lipinski definition) is 4. The number of hydrogen-bond donors (Lipinski definition) is 2. The van der Waals surface area contributed by atoms with Crippen LogP contribution in [0.4, 0.5) is 0 Å². The maximum Gasteiger partial charge on any atom is 0.243 e. The van der Waals surface area contributed by atoms with Gasteiger partial charge < -0.3 is 5.73 Å². The van der Waals surface area contributed by atoms with Crippen molar-refractivity contribution in [1.29, 1.82) is 0 Å². The van der Waals surface area contributed by atoms with Crippen molar-refractivity contribution in [2.75, 3.05) is 25.1 Å². The molecule has 1 rings (SSSR count). The molecule has 0 aliphatic heterocycles. The summed E-state index contributed by atoms with van der Waals surface area (Å²) in [6.07, 6.45) is 1.89. The first-order valence-electron chi connectivity index (χ1n) is 5.59. The van der Waals surface area contributed by atoms with E-state index in [1.165, 1.54) is 23.9 Å². The summed E-state index contributed by atoms with van der Waals surface area (Å²) in [6.45, 7) is 0.510. The minimum absolute atomic E-state index is 0.0375. The maximum absolute atomic E-state index is 12.1. The van der Waals surface area contributed by atoms with Gasteiger partial charge in [0.2, 0.25) is 10.0 Å². The van der Waals surface area contributed by atoms with E-state index in [0.29, 0.717) is 17.9 Å². The fourth-order valence-electron chi connectivity index (χ4n) is 1.39. The average molecular weight is 353 g/mol. The van der Waals surface area contributed by atoms with Crippen molar-refractivity contribution in [3.63, 3.8) is 0 Å². The van der Waals surface area contributed by atoms with Crippen molar-refractivity contribution in [3.8, 4) is 11.8 Å². The number of halogens is 2. The molecule has 0 atom stereocenters. The molecule has 0 aliphatic rings. The molecule has 0 aliphatic carbocycles. The van der Waals surface area contributed by atoms with Crippen LogP contribution >= 0.6 is 35.0 Å². The van der Waals surface area contributed by atoms with Gasteiger partial charge in [-0.2, -0.15) is 11.8 Å². The number of nitrogens with one attached hydrogen (secondary N) is 1. The Hall–Kier alpha value is -0.420. The lowest BCUT2D eigenvalue weighted by Gasteiger charge is -2.10. The molecule has 20 heavy (non-hydrogen) atoms. The molecule has 3 N–H and O–H groups in total. The molecule has 110 valence electrons. The Bertz CT molecular complexity index is 614. The van der Waals surface area contributed by atoms with Gasteiger partial charge in [-0.15, -0.1) is 0 Å². The van der Waals surface area contributed by atoms with Crippen molar-refractivity contribution in [3.05, 3.63) is 27.7 Å².